The van der Waals surface area contributed by atoms with Gasteiger partial charge in [0.15, 0.2) is 0 Å². The fourth-order valence-corrected chi connectivity index (χ4v) is 6.67. The molecule has 0 radical (unpaired) electrons. The van der Waals surface area contributed by atoms with E-state index in [1.165, 1.54) is 17.0 Å². The van der Waals surface area contributed by atoms with Gasteiger partial charge in [0.2, 0.25) is 11.8 Å². The lowest BCUT2D eigenvalue weighted by Crippen LogP contribution is -2.54. The predicted molar refractivity (Wildman–Crippen MR) is 181 cm³/mol. The Kier molecular flexibility index (Phi) is 11.7. The van der Waals surface area contributed by atoms with E-state index in [1.807, 2.05) is 51.1 Å². The predicted octanol–water partition coefficient (Wildman–Crippen LogP) is 7.05. The van der Waals surface area contributed by atoms with Crippen molar-refractivity contribution in [2.45, 2.75) is 57.1 Å². The smallest absolute Gasteiger partial charge is 0.264 e. The van der Waals surface area contributed by atoms with Crippen molar-refractivity contribution in [2.75, 3.05) is 10.8 Å². The summed E-state index contributed by atoms with van der Waals surface area (Å²) in [6, 6.07) is 28.1. The molecule has 2 amide bonds. The van der Waals surface area contributed by atoms with Crippen LogP contribution in [0.3, 0.4) is 0 Å². The lowest BCUT2D eigenvalue weighted by atomic mass is 10.0. The Labute approximate surface area is 275 Å². The molecular formula is C35H37Cl2N3O4S. The minimum absolute atomic E-state index is 0.0481. The number of rotatable bonds is 13. The van der Waals surface area contributed by atoms with E-state index in [0.29, 0.717) is 27.7 Å². The molecule has 0 spiro atoms. The largest absolute Gasteiger partial charge is 0.352 e. The summed E-state index contributed by atoms with van der Waals surface area (Å²) in [5, 5.41) is 3.78. The van der Waals surface area contributed by atoms with E-state index < -0.39 is 28.5 Å². The lowest BCUT2D eigenvalue weighted by Gasteiger charge is -2.34. The van der Waals surface area contributed by atoms with Crippen molar-refractivity contribution in [3.8, 4) is 0 Å². The Balaban J connectivity index is 1.81. The molecule has 4 aromatic rings. The Morgan fingerprint density at radius 1 is 0.867 bits per heavy atom. The highest BCUT2D eigenvalue weighted by Gasteiger charge is 2.35. The number of benzene rings is 4. The van der Waals surface area contributed by atoms with Gasteiger partial charge in [0.05, 0.1) is 10.6 Å². The van der Waals surface area contributed by atoms with Gasteiger partial charge >= 0.3 is 0 Å². The summed E-state index contributed by atoms with van der Waals surface area (Å²) in [6.45, 7) is 5.12. The number of para-hydroxylation sites is 1. The van der Waals surface area contributed by atoms with E-state index in [9.17, 15) is 18.0 Å². The molecular weight excluding hydrogens is 629 g/mol. The highest BCUT2D eigenvalue weighted by Crippen LogP contribution is 2.27. The van der Waals surface area contributed by atoms with Gasteiger partial charge in [-0.3, -0.25) is 13.9 Å². The van der Waals surface area contributed by atoms with Crippen LogP contribution >= 0.6 is 23.2 Å². The van der Waals surface area contributed by atoms with Crippen LogP contribution in [0.25, 0.3) is 0 Å². The molecule has 0 heterocycles. The summed E-state index contributed by atoms with van der Waals surface area (Å²) in [5.41, 5.74) is 2.63. The average molecular weight is 667 g/mol. The van der Waals surface area contributed by atoms with Crippen molar-refractivity contribution >= 4 is 50.7 Å². The maximum Gasteiger partial charge on any atom is 0.264 e. The van der Waals surface area contributed by atoms with Crippen molar-refractivity contribution in [3.05, 3.63) is 130 Å². The topological polar surface area (TPSA) is 86.8 Å². The van der Waals surface area contributed by atoms with E-state index >= 15 is 0 Å². The molecule has 0 aliphatic carbocycles. The number of nitrogens with zero attached hydrogens (tertiary/aromatic N) is 2. The number of carbonyl (C=O) groups excluding carboxylic acids is 2. The fraction of sp³-hybridized carbons (Fsp3) is 0.257. The number of carbonyl (C=O) groups is 2. The molecule has 0 fully saturated rings. The van der Waals surface area contributed by atoms with Gasteiger partial charge in [-0.1, -0.05) is 102 Å². The lowest BCUT2D eigenvalue weighted by molar-refractivity contribution is -0.140. The molecule has 4 aromatic carbocycles. The Morgan fingerprint density at radius 2 is 1.49 bits per heavy atom. The third-order valence-electron chi connectivity index (χ3n) is 7.56. The highest BCUT2D eigenvalue weighted by atomic mass is 35.5. The first-order valence-electron chi connectivity index (χ1n) is 14.7. The van der Waals surface area contributed by atoms with Gasteiger partial charge in [0, 0.05) is 29.1 Å². The van der Waals surface area contributed by atoms with E-state index in [2.05, 4.69) is 5.32 Å². The van der Waals surface area contributed by atoms with Gasteiger partial charge in [0.1, 0.15) is 12.6 Å². The molecule has 0 unspecified atom stereocenters. The van der Waals surface area contributed by atoms with Crippen LogP contribution in [-0.4, -0.2) is 43.8 Å². The molecule has 7 nitrogen and oxygen atoms in total. The number of hydrogen-bond donors (Lipinski definition) is 1. The third-order valence-corrected chi connectivity index (χ3v) is 9.93. The van der Waals surface area contributed by atoms with Crippen molar-refractivity contribution in [3.63, 3.8) is 0 Å². The van der Waals surface area contributed by atoms with Crippen LogP contribution in [0.5, 0.6) is 0 Å². The van der Waals surface area contributed by atoms with Crippen molar-refractivity contribution in [1.29, 1.82) is 0 Å². The van der Waals surface area contributed by atoms with E-state index in [-0.39, 0.29) is 29.8 Å². The molecule has 0 bridgehead atoms. The van der Waals surface area contributed by atoms with Gasteiger partial charge in [0.25, 0.3) is 10.0 Å². The van der Waals surface area contributed by atoms with Crippen molar-refractivity contribution < 1.29 is 18.0 Å². The second kappa shape index (κ2) is 15.4. The number of amides is 2. The number of halogens is 2. The molecule has 0 saturated heterocycles. The molecule has 2 atom stereocenters. The second-order valence-corrected chi connectivity index (χ2v) is 13.6. The SMILES string of the molecule is CC[C@H](C)NC(=O)[C@H](Cc1ccccc1)N(Cc1ccc(Cl)cc1Cl)C(=O)CN(c1ccccc1)S(=O)(=O)c1ccc(C)cc1. The van der Waals surface area contributed by atoms with Gasteiger partial charge in [-0.05, 0) is 67.8 Å². The van der Waals surface area contributed by atoms with Crippen LogP contribution in [0.15, 0.2) is 108 Å². The standard InChI is InChI=1S/C35H37Cl2N3O4S/c1-4-26(3)38-35(42)33(21-27-11-7-5-8-12-27)39(23-28-17-18-29(36)22-32(28)37)34(41)24-40(30-13-9-6-10-14-30)45(43,44)31-19-15-25(2)16-20-31/h5-20,22,26,33H,4,21,23-24H2,1-3H3,(H,38,42)/t26-,33-/m0/s1. The van der Waals surface area contributed by atoms with Crippen LogP contribution in [0.4, 0.5) is 5.69 Å². The monoisotopic (exact) mass is 665 g/mol. The number of hydrogen-bond acceptors (Lipinski definition) is 4. The Morgan fingerprint density at radius 3 is 2.09 bits per heavy atom. The second-order valence-electron chi connectivity index (χ2n) is 10.9. The maximum atomic E-state index is 14.5. The summed E-state index contributed by atoms with van der Waals surface area (Å²) in [7, 11) is -4.17. The van der Waals surface area contributed by atoms with Crippen molar-refractivity contribution in [1.82, 2.24) is 10.2 Å². The van der Waals surface area contributed by atoms with Crippen LogP contribution < -0.4 is 9.62 Å². The minimum atomic E-state index is -4.17. The zero-order valence-electron chi connectivity index (χ0n) is 25.5. The molecule has 4 rings (SSSR count). The highest BCUT2D eigenvalue weighted by molar-refractivity contribution is 7.92. The first-order valence-corrected chi connectivity index (χ1v) is 16.9. The number of nitrogens with one attached hydrogen (secondary N) is 1. The molecule has 10 heteroatoms. The molecule has 0 saturated carbocycles. The number of anilines is 1. The third kappa shape index (κ3) is 8.87. The molecule has 0 aliphatic rings. The van der Waals surface area contributed by atoms with Gasteiger partial charge in [-0.2, -0.15) is 0 Å². The van der Waals surface area contributed by atoms with Gasteiger partial charge in [-0.25, -0.2) is 8.42 Å². The number of sulfonamides is 1. The minimum Gasteiger partial charge on any atom is -0.352 e. The maximum absolute atomic E-state index is 14.5. The zero-order valence-corrected chi connectivity index (χ0v) is 27.8. The molecule has 236 valence electrons. The van der Waals surface area contributed by atoms with Crippen molar-refractivity contribution in [2.24, 2.45) is 0 Å². The summed E-state index contributed by atoms with van der Waals surface area (Å²) < 4.78 is 29.2. The zero-order chi connectivity index (χ0) is 32.6. The normalized spacial score (nSPS) is 12.6. The summed E-state index contributed by atoms with van der Waals surface area (Å²) in [4.78, 5) is 29.9. The van der Waals surface area contributed by atoms with Crippen LogP contribution in [0, 0.1) is 6.92 Å². The molecule has 45 heavy (non-hydrogen) atoms. The van der Waals surface area contributed by atoms with E-state index in [4.69, 9.17) is 23.2 Å². The summed E-state index contributed by atoms with van der Waals surface area (Å²) >= 11 is 12.7. The van der Waals surface area contributed by atoms with E-state index in [0.717, 1.165) is 15.4 Å². The fourth-order valence-electron chi connectivity index (χ4n) is 4.79. The van der Waals surface area contributed by atoms with Crippen LogP contribution in [0.1, 0.15) is 37.0 Å². The Bertz CT molecular complexity index is 1700. The average Bonchev–Trinajstić information content (AvgIpc) is 3.03. The van der Waals surface area contributed by atoms with Gasteiger partial charge in [-0.15, -0.1) is 0 Å². The quantitative estimate of drug-likeness (QED) is 0.166. The summed E-state index contributed by atoms with van der Waals surface area (Å²) in [6.07, 6.45) is 0.896. The number of aryl methyl sites for hydroxylation is 1. The molecule has 0 aliphatic heterocycles. The Hall–Kier alpha value is -3.85. The van der Waals surface area contributed by atoms with Crippen LogP contribution in [-0.2, 0) is 32.6 Å². The molecule has 0 aromatic heterocycles. The first-order chi connectivity index (χ1) is 21.5. The summed E-state index contributed by atoms with van der Waals surface area (Å²) in [5.74, 6) is -0.917. The van der Waals surface area contributed by atoms with Crippen LogP contribution in [0.2, 0.25) is 10.0 Å². The molecule has 1 N–H and O–H groups in total. The first kappa shape index (κ1) is 34.0. The van der Waals surface area contributed by atoms with E-state index in [1.54, 1.807) is 60.7 Å². The van der Waals surface area contributed by atoms with Gasteiger partial charge < -0.3 is 10.2 Å².